The fourth-order valence-corrected chi connectivity index (χ4v) is 5.66. The Bertz CT molecular complexity index is 1170. The highest BCUT2D eigenvalue weighted by atomic mass is 35.5. The van der Waals surface area contributed by atoms with Crippen molar-refractivity contribution >= 4 is 56.2 Å². The molecule has 1 aromatic heterocycles. The van der Waals surface area contributed by atoms with Crippen molar-refractivity contribution in [3.05, 3.63) is 75.2 Å². The number of nitrogens with zero attached hydrogens (tertiary/aromatic N) is 1. The molecule has 0 saturated carbocycles. The van der Waals surface area contributed by atoms with Gasteiger partial charge >= 0.3 is 0 Å². The lowest BCUT2D eigenvalue weighted by atomic mass is 9.84. The van der Waals surface area contributed by atoms with Crippen LogP contribution in [0.25, 0.3) is 5.57 Å². The SMILES string of the molecule is O=S(Nc1nc(Cl)cs1)c1cc(Cl)c(OCC2CCCC=C2c2ccc(F)cc2)cc1F. The summed E-state index contributed by atoms with van der Waals surface area (Å²) in [7, 11) is -1.91. The van der Waals surface area contributed by atoms with Gasteiger partial charge in [0.25, 0.3) is 0 Å². The van der Waals surface area contributed by atoms with Crippen LogP contribution in [0.3, 0.4) is 0 Å². The molecule has 2 atom stereocenters. The lowest BCUT2D eigenvalue weighted by Gasteiger charge is -2.25. The van der Waals surface area contributed by atoms with Crippen LogP contribution in [0.5, 0.6) is 5.75 Å². The lowest BCUT2D eigenvalue weighted by Crippen LogP contribution is -2.17. The first-order valence-corrected chi connectivity index (χ1v) is 12.6. The van der Waals surface area contributed by atoms with Gasteiger partial charge in [0.05, 0.1) is 16.5 Å². The first-order chi connectivity index (χ1) is 15.4. The van der Waals surface area contributed by atoms with Crippen molar-refractivity contribution in [2.45, 2.75) is 24.2 Å². The molecule has 10 heteroatoms. The van der Waals surface area contributed by atoms with E-state index < -0.39 is 16.8 Å². The third-order valence-electron chi connectivity index (χ3n) is 5.02. The maximum Gasteiger partial charge on any atom is 0.196 e. The summed E-state index contributed by atoms with van der Waals surface area (Å²) in [5.41, 5.74) is 2.02. The summed E-state index contributed by atoms with van der Waals surface area (Å²) < 4.78 is 48.9. The van der Waals surface area contributed by atoms with E-state index in [0.29, 0.717) is 11.7 Å². The number of hydrogen-bond acceptors (Lipinski definition) is 4. The number of anilines is 1. The fraction of sp³-hybridized carbons (Fsp3) is 0.227. The van der Waals surface area contributed by atoms with Gasteiger partial charge < -0.3 is 4.74 Å². The molecule has 0 amide bonds. The highest BCUT2D eigenvalue weighted by Gasteiger charge is 2.22. The topological polar surface area (TPSA) is 51.2 Å². The summed E-state index contributed by atoms with van der Waals surface area (Å²) in [5.74, 6) is -0.759. The van der Waals surface area contributed by atoms with E-state index >= 15 is 0 Å². The molecule has 4 nitrogen and oxygen atoms in total. The molecule has 1 N–H and O–H groups in total. The van der Waals surface area contributed by atoms with Gasteiger partial charge in [-0.25, -0.2) is 18.0 Å². The standard InChI is InChI=1S/C22H18Cl2F2N2O2S2/c23-17-9-20(32(29)28-22-27-21(24)12-31-22)18(26)10-19(17)30-11-14-3-1-2-4-16(14)13-5-7-15(25)8-6-13/h4-10,12,14H,1-3,11H2,(H,27,28). The number of rotatable bonds is 7. The second kappa shape index (κ2) is 10.3. The third-order valence-corrected chi connectivity index (χ3v) is 7.62. The highest BCUT2D eigenvalue weighted by molar-refractivity contribution is 7.86. The molecule has 1 aliphatic carbocycles. The molecule has 4 rings (SSSR count). The second-order valence-corrected chi connectivity index (χ2v) is 10.00. The Hall–Kier alpha value is -2.00. The number of nitrogens with one attached hydrogen (secondary N) is 1. The monoisotopic (exact) mass is 514 g/mol. The molecular weight excluding hydrogens is 497 g/mol. The molecule has 0 spiro atoms. The summed E-state index contributed by atoms with van der Waals surface area (Å²) in [5, 5.41) is 2.29. The molecule has 1 heterocycles. The van der Waals surface area contributed by atoms with Crippen LogP contribution in [0.2, 0.25) is 10.2 Å². The molecule has 1 aliphatic rings. The molecular formula is C22H18Cl2F2N2O2S2. The number of hydrogen-bond donors (Lipinski definition) is 1. The van der Waals surface area contributed by atoms with Gasteiger partial charge in [0.15, 0.2) is 16.1 Å². The molecule has 2 aromatic carbocycles. The maximum atomic E-state index is 14.7. The summed E-state index contributed by atoms with van der Waals surface area (Å²) in [6.45, 7) is 0.292. The number of ether oxygens (including phenoxy) is 1. The van der Waals surface area contributed by atoms with E-state index in [1.807, 2.05) is 0 Å². The number of allylic oxidation sites excluding steroid dienone is 1. The van der Waals surface area contributed by atoms with Gasteiger partial charge in [0, 0.05) is 17.4 Å². The van der Waals surface area contributed by atoms with Crippen LogP contribution in [0.4, 0.5) is 13.9 Å². The molecule has 0 aliphatic heterocycles. The van der Waals surface area contributed by atoms with E-state index in [1.165, 1.54) is 18.2 Å². The predicted octanol–water partition coefficient (Wildman–Crippen LogP) is 7.13. The first-order valence-electron chi connectivity index (χ1n) is 9.78. The van der Waals surface area contributed by atoms with Crippen molar-refractivity contribution in [2.24, 2.45) is 5.92 Å². The number of halogens is 4. The Kier molecular flexibility index (Phi) is 7.45. The minimum absolute atomic E-state index is 0.0680. The Labute approximate surface area is 200 Å². The highest BCUT2D eigenvalue weighted by Crippen LogP contribution is 2.35. The van der Waals surface area contributed by atoms with Gasteiger partial charge in [-0.05, 0) is 48.6 Å². The average molecular weight is 515 g/mol. The zero-order chi connectivity index (χ0) is 22.7. The minimum atomic E-state index is -1.91. The van der Waals surface area contributed by atoms with Crippen molar-refractivity contribution < 1.29 is 17.7 Å². The number of benzene rings is 2. The van der Waals surface area contributed by atoms with Gasteiger partial charge in [-0.15, -0.1) is 11.3 Å². The van der Waals surface area contributed by atoms with Crippen LogP contribution in [0.15, 0.2) is 52.7 Å². The molecule has 168 valence electrons. The van der Waals surface area contributed by atoms with Crippen molar-refractivity contribution in [1.82, 2.24) is 4.98 Å². The lowest BCUT2D eigenvalue weighted by molar-refractivity contribution is 0.267. The molecule has 0 radical (unpaired) electrons. The van der Waals surface area contributed by atoms with E-state index in [0.717, 1.165) is 47.8 Å². The summed E-state index contributed by atoms with van der Waals surface area (Å²) in [6, 6.07) is 8.78. The van der Waals surface area contributed by atoms with E-state index in [2.05, 4.69) is 15.8 Å². The Morgan fingerprint density at radius 3 is 2.72 bits per heavy atom. The molecule has 0 bridgehead atoms. The Morgan fingerprint density at radius 2 is 2.00 bits per heavy atom. The largest absolute Gasteiger partial charge is 0.491 e. The molecule has 3 aromatic rings. The van der Waals surface area contributed by atoms with Crippen LogP contribution in [-0.4, -0.2) is 15.8 Å². The number of thiazole rings is 1. The third kappa shape index (κ3) is 5.49. The molecule has 0 fully saturated rings. The molecule has 0 saturated heterocycles. The van der Waals surface area contributed by atoms with E-state index in [1.54, 1.807) is 17.5 Å². The van der Waals surface area contributed by atoms with E-state index in [-0.39, 0.29) is 32.6 Å². The van der Waals surface area contributed by atoms with Crippen molar-refractivity contribution in [3.63, 3.8) is 0 Å². The summed E-state index contributed by atoms with van der Waals surface area (Å²) in [6.07, 6.45) is 4.98. The van der Waals surface area contributed by atoms with Gasteiger partial charge in [0.2, 0.25) is 0 Å². The van der Waals surface area contributed by atoms with Gasteiger partial charge in [-0.3, -0.25) is 4.72 Å². The fourth-order valence-electron chi connectivity index (χ4n) is 3.50. The van der Waals surface area contributed by atoms with Crippen LogP contribution < -0.4 is 9.46 Å². The van der Waals surface area contributed by atoms with Crippen LogP contribution in [0.1, 0.15) is 24.8 Å². The van der Waals surface area contributed by atoms with E-state index in [4.69, 9.17) is 27.9 Å². The van der Waals surface area contributed by atoms with Gasteiger partial charge in [-0.1, -0.05) is 41.4 Å². The van der Waals surface area contributed by atoms with Crippen molar-refractivity contribution in [3.8, 4) is 5.75 Å². The van der Waals surface area contributed by atoms with Gasteiger partial charge in [0.1, 0.15) is 22.5 Å². The smallest absolute Gasteiger partial charge is 0.196 e. The van der Waals surface area contributed by atoms with Crippen LogP contribution in [0, 0.1) is 17.6 Å². The predicted molar refractivity (Wildman–Crippen MR) is 126 cm³/mol. The average Bonchev–Trinajstić information content (AvgIpc) is 3.19. The molecule has 32 heavy (non-hydrogen) atoms. The maximum absolute atomic E-state index is 14.7. The minimum Gasteiger partial charge on any atom is -0.491 e. The van der Waals surface area contributed by atoms with E-state index in [9.17, 15) is 13.0 Å². The van der Waals surface area contributed by atoms with Crippen molar-refractivity contribution in [1.29, 1.82) is 0 Å². The second-order valence-electron chi connectivity index (χ2n) is 7.16. The number of aromatic nitrogens is 1. The Morgan fingerprint density at radius 1 is 1.22 bits per heavy atom. The Balaban J connectivity index is 1.46. The van der Waals surface area contributed by atoms with Gasteiger partial charge in [-0.2, -0.15) is 0 Å². The zero-order valence-electron chi connectivity index (χ0n) is 16.6. The first kappa shape index (κ1) is 23.2. The summed E-state index contributed by atoms with van der Waals surface area (Å²) in [4.78, 5) is 3.82. The van der Waals surface area contributed by atoms with Crippen molar-refractivity contribution in [2.75, 3.05) is 11.3 Å². The molecule has 2 unspecified atom stereocenters. The van der Waals surface area contributed by atoms with Crippen LogP contribution >= 0.6 is 34.5 Å². The quantitative estimate of drug-likeness (QED) is 0.364. The van der Waals surface area contributed by atoms with Crippen LogP contribution in [-0.2, 0) is 11.0 Å². The zero-order valence-corrected chi connectivity index (χ0v) is 19.8. The summed E-state index contributed by atoms with van der Waals surface area (Å²) >= 11 is 13.2. The normalized spacial score (nSPS) is 17.0.